The molecule has 0 saturated heterocycles. The molecule has 0 unspecified atom stereocenters. The van der Waals surface area contributed by atoms with Gasteiger partial charge in [0.15, 0.2) is 5.82 Å². The van der Waals surface area contributed by atoms with Crippen LogP contribution in [0.5, 0.6) is 0 Å². The molecular weight excluding hydrogens is 207 g/mol. The van der Waals surface area contributed by atoms with Gasteiger partial charge in [-0.2, -0.15) is 0 Å². The molecule has 1 saturated carbocycles. The lowest BCUT2D eigenvalue weighted by Gasteiger charge is -2.47. The highest BCUT2D eigenvalue weighted by molar-refractivity contribution is 5.24. The summed E-state index contributed by atoms with van der Waals surface area (Å²) in [5.74, 6) is 0.0889. The van der Waals surface area contributed by atoms with Gasteiger partial charge in [0, 0.05) is 12.1 Å². The number of anilines is 1. The molecule has 1 N–H and O–H groups in total. The van der Waals surface area contributed by atoms with E-state index in [1.165, 1.54) is 31.7 Å². The van der Waals surface area contributed by atoms with Gasteiger partial charge in [-0.3, -0.25) is 0 Å². The maximum Gasteiger partial charge on any atom is 0.222 e. The first-order chi connectivity index (χ1) is 7.62. The number of halogens is 1. The summed E-state index contributed by atoms with van der Waals surface area (Å²) in [6.45, 7) is 0.811. The molecule has 0 spiro atoms. The third-order valence-electron chi connectivity index (χ3n) is 3.43. The first-order valence-electron chi connectivity index (χ1n) is 5.51. The highest BCUT2D eigenvalue weighted by atomic mass is 19.1. The Bertz CT molecular complexity index is 346. The average Bonchev–Trinajstić information content (AvgIpc) is 2.18. The lowest BCUT2D eigenvalue weighted by Crippen LogP contribution is -2.54. The van der Waals surface area contributed by atoms with E-state index in [-0.39, 0.29) is 5.54 Å². The van der Waals surface area contributed by atoms with Gasteiger partial charge in [-0.1, -0.05) is 0 Å². The van der Waals surface area contributed by atoms with E-state index in [1.807, 2.05) is 0 Å². The molecule has 0 radical (unpaired) electrons. The van der Waals surface area contributed by atoms with E-state index in [9.17, 15) is 4.39 Å². The summed E-state index contributed by atoms with van der Waals surface area (Å²) in [5.41, 5.74) is 0.220. The third-order valence-corrected chi connectivity index (χ3v) is 3.43. The van der Waals surface area contributed by atoms with E-state index in [1.54, 1.807) is 0 Å². The maximum atomic E-state index is 12.6. The molecule has 1 aromatic heterocycles. The van der Waals surface area contributed by atoms with Crippen molar-refractivity contribution in [3.8, 4) is 0 Å². The summed E-state index contributed by atoms with van der Waals surface area (Å²) < 4.78 is 12.6. The van der Waals surface area contributed by atoms with Crippen molar-refractivity contribution in [3.05, 3.63) is 18.2 Å². The molecule has 0 aromatic carbocycles. The number of rotatable bonds is 4. The van der Waals surface area contributed by atoms with Crippen LogP contribution in [-0.2, 0) is 0 Å². The molecule has 1 aliphatic carbocycles. The van der Waals surface area contributed by atoms with Crippen LogP contribution in [0.1, 0.15) is 19.3 Å². The molecule has 5 heteroatoms. The third kappa shape index (κ3) is 2.14. The smallest absolute Gasteiger partial charge is 0.222 e. The second-order valence-electron chi connectivity index (χ2n) is 4.55. The standard InChI is InChI=1S/C11H17FN4/c1-16(2)11(4-3-5-11)8-15-10-13-6-9(12)7-14-10/h6-7H,3-5,8H2,1-2H3,(H,13,14,15). The van der Waals surface area contributed by atoms with Crippen LogP contribution in [0.3, 0.4) is 0 Å². The second-order valence-corrected chi connectivity index (χ2v) is 4.55. The van der Waals surface area contributed by atoms with E-state index in [4.69, 9.17) is 0 Å². The Morgan fingerprint density at radius 3 is 2.44 bits per heavy atom. The fraction of sp³-hybridized carbons (Fsp3) is 0.636. The predicted octanol–water partition coefficient (Wildman–Crippen LogP) is 1.51. The van der Waals surface area contributed by atoms with Gasteiger partial charge in [0.25, 0.3) is 0 Å². The minimum atomic E-state index is -0.406. The van der Waals surface area contributed by atoms with Gasteiger partial charge in [0.05, 0.1) is 12.4 Å². The molecule has 16 heavy (non-hydrogen) atoms. The molecule has 0 atom stereocenters. The van der Waals surface area contributed by atoms with Crippen molar-refractivity contribution in [1.82, 2.24) is 14.9 Å². The number of nitrogens with one attached hydrogen (secondary N) is 1. The van der Waals surface area contributed by atoms with Crippen molar-refractivity contribution in [2.45, 2.75) is 24.8 Å². The minimum Gasteiger partial charge on any atom is -0.352 e. The van der Waals surface area contributed by atoms with Gasteiger partial charge in [-0.15, -0.1) is 0 Å². The summed E-state index contributed by atoms with van der Waals surface area (Å²) in [6, 6.07) is 0. The lowest BCUT2D eigenvalue weighted by atomic mass is 9.75. The van der Waals surface area contributed by atoms with Crippen LogP contribution in [0.2, 0.25) is 0 Å². The minimum absolute atomic E-state index is 0.220. The number of nitrogens with zero attached hydrogens (tertiary/aromatic N) is 3. The van der Waals surface area contributed by atoms with Gasteiger partial charge in [0.1, 0.15) is 0 Å². The van der Waals surface area contributed by atoms with E-state index < -0.39 is 5.82 Å². The van der Waals surface area contributed by atoms with Crippen LogP contribution in [0.25, 0.3) is 0 Å². The molecular formula is C11H17FN4. The highest BCUT2D eigenvalue weighted by Gasteiger charge is 2.38. The Morgan fingerprint density at radius 2 is 2.00 bits per heavy atom. The van der Waals surface area contributed by atoms with Crippen LogP contribution in [0.4, 0.5) is 10.3 Å². The topological polar surface area (TPSA) is 41.0 Å². The summed E-state index contributed by atoms with van der Waals surface area (Å²) in [7, 11) is 4.18. The largest absolute Gasteiger partial charge is 0.352 e. The number of likely N-dealkylation sites (N-methyl/N-ethyl adjacent to an activating group) is 1. The zero-order valence-corrected chi connectivity index (χ0v) is 9.70. The van der Waals surface area contributed by atoms with Gasteiger partial charge in [0.2, 0.25) is 5.95 Å². The van der Waals surface area contributed by atoms with Crippen molar-refractivity contribution in [2.75, 3.05) is 26.0 Å². The molecule has 1 fully saturated rings. The van der Waals surface area contributed by atoms with E-state index in [2.05, 4.69) is 34.3 Å². The molecule has 1 aliphatic rings. The van der Waals surface area contributed by atoms with E-state index >= 15 is 0 Å². The number of hydrogen-bond acceptors (Lipinski definition) is 4. The fourth-order valence-corrected chi connectivity index (χ4v) is 2.01. The predicted molar refractivity (Wildman–Crippen MR) is 60.7 cm³/mol. The molecule has 1 heterocycles. The van der Waals surface area contributed by atoms with Crippen molar-refractivity contribution < 1.29 is 4.39 Å². The van der Waals surface area contributed by atoms with Gasteiger partial charge in [-0.25, -0.2) is 14.4 Å². The van der Waals surface area contributed by atoms with Crippen LogP contribution in [0.15, 0.2) is 12.4 Å². The van der Waals surface area contributed by atoms with Crippen molar-refractivity contribution >= 4 is 5.95 Å². The second kappa shape index (κ2) is 4.33. The summed E-state index contributed by atoms with van der Waals surface area (Å²) >= 11 is 0. The van der Waals surface area contributed by atoms with Gasteiger partial charge < -0.3 is 10.2 Å². The van der Waals surface area contributed by atoms with Crippen LogP contribution < -0.4 is 5.32 Å². The molecule has 4 nitrogen and oxygen atoms in total. The summed E-state index contributed by atoms with van der Waals surface area (Å²) in [6.07, 6.45) is 6.00. The zero-order chi connectivity index (χ0) is 11.6. The molecule has 0 amide bonds. The molecule has 1 aromatic rings. The van der Waals surface area contributed by atoms with Gasteiger partial charge in [-0.05, 0) is 33.4 Å². The Hall–Kier alpha value is -1.23. The van der Waals surface area contributed by atoms with Gasteiger partial charge >= 0.3 is 0 Å². The number of aromatic nitrogens is 2. The normalized spacial score (nSPS) is 18.2. The fourth-order valence-electron chi connectivity index (χ4n) is 2.01. The Labute approximate surface area is 94.9 Å². The Balaban J connectivity index is 1.93. The van der Waals surface area contributed by atoms with Crippen LogP contribution in [-0.4, -0.2) is 41.0 Å². The van der Waals surface area contributed by atoms with Crippen molar-refractivity contribution in [3.63, 3.8) is 0 Å². The molecule has 88 valence electrons. The zero-order valence-electron chi connectivity index (χ0n) is 9.70. The average molecular weight is 224 g/mol. The highest BCUT2D eigenvalue weighted by Crippen LogP contribution is 2.35. The Morgan fingerprint density at radius 1 is 1.38 bits per heavy atom. The van der Waals surface area contributed by atoms with Crippen LogP contribution >= 0.6 is 0 Å². The monoisotopic (exact) mass is 224 g/mol. The molecule has 2 rings (SSSR count). The van der Waals surface area contributed by atoms with Crippen LogP contribution in [0, 0.1) is 5.82 Å². The van der Waals surface area contributed by atoms with Crippen molar-refractivity contribution in [1.29, 1.82) is 0 Å². The SMILES string of the molecule is CN(C)C1(CNc2ncc(F)cn2)CCC1. The molecule has 0 bridgehead atoms. The lowest BCUT2D eigenvalue weighted by molar-refractivity contribution is 0.0737. The first-order valence-corrected chi connectivity index (χ1v) is 5.51. The van der Waals surface area contributed by atoms with E-state index in [0.29, 0.717) is 5.95 Å². The van der Waals surface area contributed by atoms with E-state index in [0.717, 1.165) is 6.54 Å². The number of hydrogen-bond donors (Lipinski definition) is 1. The van der Waals surface area contributed by atoms with Crippen molar-refractivity contribution in [2.24, 2.45) is 0 Å². The maximum absolute atomic E-state index is 12.6. The quantitative estimate of drug-likeness (QED) is 0.841. The molecule has 0 aliphatic heterocycles. The summed E-state index contributed by atoms with van der Waals surface area (Å²) in [4.78, 5) is 10.0. The first kappa shape index (κ1) is 11.3. The summed E-state index contributed by atoms with van der Waals surface area (Å²) in [5, 5.41) is 3.17. The Kier molecular flexibility index (Phi) is 3.05.